The molecule has 0 amide bonds. The molecule has 1 aliphatic heterocycles. The molecular formula is C18H11F3O2. The Bertz CT molecular complexity index is 800. The molecule has 0 radical (unpaired) electrons. The summed E-state index contributed by atoms with van der Waals surface area (Å²) >= 11 is 0. The second kappa shape index (κ2) is 6.12. The number of carbonyl (C=O) groups is 1. The average molecular weight is 316 g/mol. The van der Waals surface area contributed by atoms with Crippen LogP contribution in [-0.2, 0) is 16.2 Å². The number of carbonyl (C=O) groups excluding carboxylic acids is 1. The lowest BCUT2D eigenvalue weighted by molar-refractivity contribution is -0.131. The van der Waals surface area contributed by atoms with E-state index in [1.54, 1.807) is 18.2 Å². The first kappa shape index (κ1) is 15.1. The van der Waals surface area contributed by atoms with Gasteiger partial charge in [0.25, 0.3) is 0 Å². The molecule has 0 unspecified atom stereocenters. The second-order valence-corrected chi connectivity index (χ2v) is 4.97. The van der Waals surface area contributed by atoms with Crippen molar-refractivity contribution in [2.75, 3.05) is 0 Å². The average Bonchev–Trinajstić information content (AvgIpc) is 2.88. The third-order valence-corrected chi connectivity index (χ3v) is 3.35. The first-order chi connectivity index (χ1) is 11.1. The standard InChI is InChI=1S/C18H11F3O2/c19-10-12-7-15(20)17(16(21)8-12)14-9-13(23-18(14)22)6-11-4-2-1-3-5-11/h1-9H,10H2/b13-6+. The molecule has 2 aromatic rings. The number of rotatable bonds is 3. The smallest absolute Gasteiger partial charge is 0.344 e. The lowest BCUT2D eigenvalue weighted by Crippen LogP contribution is -2.04. The Hall–Kier alpha value is -2.82. The Morgan fingerprint density at radius 2 is 1.70 bits per heavy atom. The van der Waals surface area contributed by atoms with Crippen molar-refractivity contribution in [1.29, 1.82) is 0 Å². The van der Waals surface area contributed by atoms with E-state index in [2.05, 4.69) is 0 Å². The van der Waals surface area contributed by atoms with Gasteiger partial charge in [-0.2, -0.15) is 0 Å². The predicted octanol–water partition coefficient (Wildman–Crippen LogP) is 4.42. The molecular weight excluding hydrogens is 305 g/mol. The zero-order chi connectivity index (χ0) is 16.4. The molecule has 0 aliphatic carbocycles. The van der Waals surface area contributed by atoms with Crippen LogP contribution in [0.25, 0.3) is 11.6 Å². The number of benzene rings is 2. The van der Waals surface area contributed by atoms with Crippen molar-refractivity contribution in [3.8, 4) is 0 Å². The summed E-state index contributed by atoms with van der Waals surface area (Å²) in [6, 6.07) is 10.8. The number of hydrogen-bond donors (Lipinski definition) is 0. The lowest BCUT2D eigenvalue weighted by Gasteiger charge is -2.05. The minimum Gasteiger partial charge on any atom is -0.423 e. The Morgan fingerprint density at radius 1 is 1.04 bits per heavy atom. The van der Waals surface area contributed by atoms with Crippen LogP contribution in [0, 0.1) is 11.6 Å². The highest BCUT2D eigenvalue weighted by Gasteiger charge is 2.28. The fourth-order valence-electron chi connectivity index (χ4n) is 2.31. The molecule has 0 atom stereocenters. The molecule has 2 aromatic carbocycles. The van der Waals surface area contributed by atoms with Gasteiger partial charge in [-0.1, -0.05) is 30.3 Å². The van der Waals surface area contributed by atoms with Gasteiger partial charge in [-0.15, -0.1) is 0 Å². The van der Waals surface area contributed by atoms with Crippen molar-refractivity contribution in [1.82, 2.24) is 0 Å². The van der Waals surface area contributed by atoms with E-state index in [1.807, 2.05) is 18.2 Å². The van der Waals surface area contributed by atoms with Gasteiger partial charge in [0.2, 0.25) is 0 Å². The zero-order valence-corrected chi connectivity index (χ0v) is 11.9. The maximum atomic E-state index is 14.0. The van der Waals surface area contributed by atoms with Gasteiger partial charge in [-0.25, -0.2) is 18.0 Å². The quantitative estimate of drug-likeness (QED) is 0.784. The normalized spacial score (nSPS) is 15.7. The molecule has 0 fully saturated rings. The highest BCUT2D eigenvalue weighted by Crippen LogP contribution is 2.31. The summed E-state index contributed by atoms with van der Waals surface area (Å²) in [5, 5.41) is 0. The van der Waals surface area contributed by atoms with Crippen molar-refractivity contribution in [3.63, 3.8) is 0 Å². The molecule has 3 rings (SSSR count). The van der Waals surface area contributed by atoms with Crippen LogP contribution >= 0.6 is 0 Å². The van der Waals surface area contributed by atoms with Gasteiger partial charge in [0, 0.05) is 0 Å². The van der Waals surface area contributed by atoms with Gasteiger partial charge in [-0.05, 0) is 35.4 Å². The molecule has 116 valence electrons. The summed E-state index contributed by atoms with van der Waals surface area (Å²) in [6.07, 6.45) is 2.85. The fourth-order valence-corrected chi connectivity index (χ4v) is 2.31. The lowest BCUT2D eigenvalue weighted by atomic mass is 10.0. The Kier molecular flexibility index (Phi) is 4.02. The molecule has 0 saturated carbocycles. The van der Waals surface area contributed by atoms with Crippen LogP contribution in [-0.4, -0.2) is 5.97 Å². The number of esters is 1. The molecule has 0 bridgehead atoms. The molecule has 1 aliphatic rings. The van der Waals surface area contributed by atoms with Crippen molar-refractivity contribution >= 4 is 17.6 Å². The minimum absolute atomic E-state index is 0.129. The Balaban J connectivity index is 2.02. The predicted molar refractivity (Wildman–Crippen MR) is 79.7 cm³/mol. The van der Waals surface area contributed by atoms with Gasteiger partial charge >= 0.3 is 5.97 Å². The maximum Gasteiger partial charge on any atom is 0.344 e. The van der Waals surface area contributed by atoms with E-state index < -0.39 is 29.8 Å². The highest BCUT2D eigenvalue weighted by atomic mass is 19.1. The fraction of sp³-hybridized carbons (Fsp3) is 0.0556. The first-order valence-electron chi connectivity index (χ1n) is 6.83. The van der Waals surface area contributed by atoms with Crippen molar-refractivity contribution in [2.45, 2.75) is 6.67 Å². The summed E-state index contributed by atoms with van der Waals surface area (Å²) in [6.45, 7) is -0.989. The van der Waals surface area contributed by atoms with Crippen LogP contribution in [0.3, 0.4) is 0 Å². The Morgan fingerprint density at radius 3 is 2.30 bits per heavy atom. The maximum absolute atomic E-state index is 14.0. The zero-order valence-electron chi connectivity index (χ0n) is 11.9. The molecule has 0 aromatic heterocycles. The topological polar surface area (TPSA) is 26.3 Å². The molecule has 0 N–H and O–H groups in total. The molecule has 1 heterocycles. The summed E-state index contributed by atoms with van der Waals surface area (Å²) in [5.41, 5.74) is -0.0893. The minimum atomic E-state index is -0.998. The monoisotopic (exact) mass is 316 g/mol. The van der Waals surface area contributed by atoms with Crippen LogP contribution in [0.1, 0.15) is 16.7 Å². The van der Waals surface area contributed by atoms with E-state index in [1.165, 1.54) is 6.08 Å². The van der Waals surface area contributed by atoms with E-state index in [-0.39, 0.29) is 16.9 Å². The second-order valence-electron chi connectivity index (χ2n) is 4.97. The SMILES string of the molecule is O=C1O/C(=C/c2ccccc2)C=C1c1c(F)cc(CF)cc1F. The summed E-state index contributed by atoms with van der Waals surface area (Å²) in [7, 11) is 0. The number of cyclic esters (lactones) is 1. The summed E-state index contributed by atoms with van der Waals surface area (Å²) in [5.74, 6) is -2.66. The largest absolute Gasteiger partial charge is 0.423 e. The van der Waals surface area contributed by atoms with Crippen LogP contribution in [0.4, 0.5) is 13.2 Å². The van der Waals surface area contributed by atoms with Crippen LogP contribution in [0.15, 0.2) is 54.3 Å². The van der Waals surface area contributed by atoms with Crippen molar-refractivity contribution < 1.29 is 22.7 Å². The van der Waals surface area contributed by atoms with E-state index in [0.717, 1.165) is 17.7 Å². The number of allylic oxidation sites excluding steroid dienone is 1. The van der Waals surface area contributed by atoms with Crippen molar-refractivity contribution in [3.05, 3.63) is 82.6 Å². The Labute approximate surface area is 130 Å². The summed E-state index contributed by atoms with van der Waals surface area (Å²) < 4.78 is 45.6. The van der Waals surface area contributed by atoms with Gasteiger partial charge in [0.1, 0.15) is 24.1 Å². The van der Waals surface area contributed by atoms with E-state index in [9.17, 15) is 18.0 Å². The van der Waals surface area contributed by atoms with E-state index >= 15 is 0 Å². The molecule has 5 heteroatoms. The number of alkyl halides is 1. The third-order valence-electron chi connectivity index (χ3n) is 3.35. The first-order valence-corrected chi connectivity index (χ1v) is 6.83. The number of hydrogen-bond acceptors (Lipinski definition) is 2. The molecule has 0 spiro atoms. The number of ether oxygens (including phenoxy) is 1. The van der Waals surface area contributed by atoms with Crippen LogP contribution < -0.4 is 0 Å². The number of halogens is 3. The van der Waals surface area contributed by atoms with Crippen molar-refractivity contribution in [2.24, 2.45) is 0 Å². The van der Waals surface area contributed by atoms with Gasteiger partial charge in [-0.3, -0.25) is 0 Å². The van der Waals surface area contributed by atoms with Gasteiger partial charge in [0.15, 0.2) is 0 Å². The van der Waals surface area contributed by atoms with E-state index in [0.29, 0.717) is 0 Å². The molecule has 23 heavy (non-hydrogen) atoms. The highest BCUT2D eigenvalue weighted by molar-refractivity contribution is 6.20. The van der Waals surface area contributed by atoms with Gasteiger partial charge in [0.05, 0.1) is 11.1 Å². The van der Waals surface area contributed by atoms with Crippen LogP contribution in [0.2, 0.25) is 0 Å². The third kappa shape index (κ3) is 3.04. The molecule has 0 saturated heterocycles. The summed E-state index contributed by atoms with van der Waals surface area (Å²) in [4.78, 5) is 11.9. The van der Waals surface area contributed by atoms with Crippen LogP contribution in [0.5, 0.6) is 0 Å². The van der Waals surface area contributed by atoms with Gasteiger partial charge < -0.3 is 4.74 Å². The van der Waals surface area contributed by atoms with E-state index in [4.69, 9.17) is 4.74 Å². The molecule has 2 nitrogen and oxygen atoms in total.